The van der Waals surface area contributed by atoms with Crippen LogP contribution in [-0.4, -0.2) is 17.1 Å². The molecular formula is C11H11ClN2O. The van der Waals surface area contributed by atoms with E-state index >= 15 is 0 Å². The van der Waals surface area contributed by atoms with Crippen LogP contribution >= 0.6 is 11.6 Å². The number of aromatic amines is 1. The van der Waals surface area contributed by atoms with E-state index in [0.29, 0.717) is 5.88 Å². The topological polar surface area (TPSA) is 37.9 Å². The Morgan fingerprint density at radius 3 is 3.00 bits per heavy atom. The van der Waals surface area contributed by atoms with Crippen molar-refractivity contribution in [1.82, 2.24) is 9.97 Å². The predicted molar refractivity (Wildman–Crippen MR) is 60.1 cm³/mol. The summed E-state index contributed by atoms with van der Waals surface area (Å²) in [5.41, 5.74) is 1.99. The van der Waals surface area contributed by atoms with Crippen molar-refractivity contribution < 1.29 is 4.74 Å². The molecule has 0 amide bonds. The maximum absolute atomic E-state index is 5.67. The molecule has 0 unspecified atom stereocenters. The van der Waals surface area contributed by atoms with Crippen LogP contribution in [0.2, 0.25) is 0 Å². The summed E-state index contributed by atoms with van der Waals surface area (Å²) in [7, 11) is 1.65. The summed E-state index contributed by atoms with van der Waals surface area (Å²) < 4.78 is 5.15. The minimum atomic E-state index is 0.393. The molecule has 1 heterocycles. The minimum absolute atomic E-state index is 0.393. The summed E-state index contributed by atoms with van der Waals surface area (Å²) in [6, 6.07) is 7.79. The van der Waals surface area contributed by atoms with Gasteiger partial charge in [-0.05, 0) is 12.1 Å². The molecule has 1 aromatic carbocycles. The zero-order chi connectivity index (χ0) is 10.7. The molecule has 0 aliphatic carbocycles. The monoisotopic (exact) mass is 222 g/mol. The first-order chi connectivity index (χ1) is 7.33. The second-order valence-corrected chi connectivity index (χ2v) is 3.38. The van der Waals surface area contributed by atoms with Crippen molar-refractivity contribution in [3.05, 3.63) is 36.3 Å². The van der Waals surface area contributed by atoms with Gasteiger partial charge in [0.25, 0.3) is 0 Å². The Balaban J connectivity index is 2.35. The lowest BCUT2D eigenvalue weighted by molar-refractivity contribution is 0.415. The normalized spacial score (nSPS) is 10.3. The van der Waals surface area contributed by atoms with Crippen molar-refractivity contribution in [3.8, 4) is 17.0 Å². The summed E-state index contributed by atoms with van der Waals surface area (Å²) in [6.07, 6.45) is 1.77. The number of rotatable bonds is 3. The van der Waals surface area contributed by atoms with Gasteiger partial charge in [-0.15, -0.1) is 11.6 Å². The van der Waals surface area contributed by atoms with Gasteiger partial charge in [0.05, 0.1) is 24.9 Å². The first-order valence-electron chi connectivity index (χ1n) is 4.58. The lowest BCUT2D eigenvalue weighted by Gasteiger charge is -2.01. The first kappa shape index (κ1) is 10.1. The highest BCUT2D eigenvalue weighted by Crippen LogP contribution is 2.22. The Bertz CT molecular complexity index is 453. The van der Waals surface area contributed by atoms with Crippen LogP contribution in [0.4, 0.5) is 0 Å². The molecule has 0 bridgehead atoms. The number of hydrogen-bond donors (Lipinski definition) is 1. The quantitative estimate of drug-likeness (QED) is 0.811. The highest BCUT2D eigenvalue weighted by molar-refractivity contribution is 6.16. The van der Waals surface area contributed by atoms with Crippen molar-refractivity contribution in [3.63, 3.8) is 0 Å². The average Bonchev–Trinajstić information content (AvgIpc) is 2.78. The van der Waals surface area contributed by atoms with Gasteiger partial charge in [-0.3, -0.25) is 0 Å². The predicted octanol–water partition coefficient (Wildman–Crippen LogP) is 2.82. The number of methoxy groups -OCH3 is 1. The highest BCUT2D eigenvalue weighted by Gasteiger charge is 2.03. The molecule has 78 valence electrons. The fourth-order valence-corrected chi connectivity index (χ4v) is 1.50. The lowest BCUT2D eigenvalue weighted by Crippen LogP contribution is -1.84. The van der Waals surface area contributed by atoms with Crippen LogP contribution in [0.15, 0.2) is 30.5 Å². The summed E-state index contributed by atoms with van der Waals surface area (Å²) in [6.45, 7) is 0. The summed E-state index contributed by atoms with van der Waals surface area (Å²) in [5.74, 6) is 1.99. The molecule has 0 radical (unpaired) electrons. The van der Waals surface area contributed by atoms with Crippen LogP contribution < -0.4 is 4.74 Å². The molecule has 1 N–H and O–H groups in total. The number of halogens is 1. The zero-order valence-electron chi connectivity index (χ0n) is 8.33. The van der Waals surface area contributed by atoms with E-state index in [1.807, 2.05) is 24.3 Å². The molecule has 0 saturated carbocycles. The molecule has 15 heavy (non-hydrogen) atoms. The molecule has 0 aliphatic heterocycles. The van der Waals surface area contributed by atoms with Crippen molar-refractivity contribution in [1.29, 1.82) is 0 Å². The van der Waals surface area contributed by atoms with E-state index in [1.54, 1.807) is 13.3 Å². The van der Waals surface area contributed by atoms with E-state index in [1.165, 1.54) is 0 Å². The third-order valence-corrected chi connectivity index (χ3v) is 2.39. The standard InChI is InChI=1S/C11H11ClN2O/c1-15-9-4-2-3-8(5-9)10-7-13-11(6-12)14-10/h2-5,7H,6H2,1H3,(H,13,14). The van der Waals surface area contributed by atoms with E-state index in [2.05, 4.69) is 9.97 Å². The molecule has 2 rings (SSSR count). The van der Waals surface area contributed by atoms with Gasteiger partial charge in [-0.25, -0.2) is 4.98 Å². The van der Waals surface area contributed by atoms with Crippen molar-refractivity contribution >= 4 is 11.6 Å². The molecule has 0 fully saturated rings. The summed E-state index contributed by atoms with van der Waals surface area (Å²) in [4.78, 5) is 7.27. The first-order valence-corrected chi connectivity index (χ1v) is 5.11. The molecule has 0 atom stereocenters. The maximum atomic E-state index is 5.67. The SMILES string of the molecule is COc1cccc(-c2cnc(CCl)[nH]2)c1. The Kier molecular flexibility index (Phi) is 2.92. The second-order valence-electron chi connectivity index (χ2n) is 3.11. The third-order valence-electron chi connectivity index (χ3n) is 2.14. The summed E-state index contributed by atoms with van der Waals surface area (Å²) >= 11 is 5.67. The van der Waals surface area contributed by atoms with Crippen LogP contribution in [0.3, 0.4) is 0 Å². The molecule has 2 aromatic rings. The van der Waals surface area contributed by atoms with Gasteiger partial charge in [0.2, 0.25) is 0 Å². The number of benzene rings is 1. The fourth-order valence-electron chi connectivity index (χ4n) is 1.37. The molecule has 0 spiro atoms. The van der Waals surface area contributed by atoms with Crippen LogP contribution in [0.1, 0.15) is 5.82 Å². The van der Waals surface area contributed by atoms with Crippen molar-refractivity contribution in [2.45, 2.75) is 5.88 Å². The number of nitrogens with one attached hydrogen (secondary N) is 1. The number of aromatic nitrogens is 2. The fraction of sp³-hybridized carbons (Fsp3) is 0.182. The van der Waals surface area contributed by atoms with E-state index in [4.69, 9.17) is 16.3 Å². The van der Waals surface area contributed by atoms with Crippen molar-refractivity contribution in [2.75, 3.05) is 7.11 Å². The van der Waals surface area contributed by atoms with E-state index < -0.39 is 0 Å². The van der Waals surface area contributed by atoms with Gasteiger partial charge < -0.3 is 9.72 Å². The number of H-pyrrole nitrogens is 1. The summed E-state index contributed by atoms with van der Waals surface area (Å²) in [5, 5.41) is 0. The Hall–Kier alpha value is -1.48. The van der Waals surface area contributed by atoms with Gasteiger partial charge in [-0.1, -0.05) is 12.1 Å². The largest absolute Gasteiger partial charge is 0.497 e. The van der Waals surface area contributed by atoms with E-state index in [-0.39, 0.29) is 0 Å². The Morgan fingerprint density at radius 2 is 2.33 bits per heavy atom. The van der Waals surface area contributed by atoms with Gasteiger partial charge in [0, 0.05) is 5.56 Å². The number of nitrogens with zero attached hydrogens (tertiary/aromatic N) is 1. The molecule has 0 aliphatic rings. The molecule has 3 nitrogen and oxygen atoms in total. The number of hydrogen-bond acceptors (Lipinski definition) is 2. The third kappa shape index (κ3) is 2.13. The molecular weight excluding hydrogens is 212 g/mol. The van der Waals surface area contributed by atoms with Crippen molar-refractivity contribution in [2.24, 2.45) is 0 Å². The molecule has 0 saturated heterocycles. The number of alkyl halides is 1. The smallest absolute Gasteiger partial charge is 0.121 e. The van der Waals surface area contributed by atoms with Gasteiger partial charge >= 0.3 is 0 Å². The van der Waals surface area contributed by atoms with Crippen LogP contribution in [0, 0.1) is 0 Å². The van der Waals surface area contributed by atoms with E-state index in [9.17, 15) is 0 Å². The minimum Gasteiger partial charge on any atom is -0.497 e. The Labute approximate surface area is 93.1 Å². The highest BCUT2D eigenvalue weighted by atomic mass is 35.5. The lowest BCUT2D eigenvalue weighted by atomic mass is 10.1. The van der Waals surface area contributed by atoms with Crippen LogP contribution in [-0.2, 0) is 5.88 Å². The zero-order valence-corrected chi connectivity index (χ0v) is 9.08. The van der Waals surface area contributed by atoms with Gasteiger partial charge in [-0.2, -0.15) is 0 Å². The number of ether oxygens (including phenoxy) is 1. The average molecular weight is 223 g/mol. The Morgan fingerprint density at radius 1 is 1.47 bits per heavy atom. The van der Waals surface area contributed by atoms with Gasteiger partial charge in [0.15, 0.2) is 0 Å². The van der Waals surface area contributed by atoms with Crippen LogP contribution in [0.5, 0.6) is 5.75 Å². The molecule has 1 aromatic heterocycles. The van der Waals surface area contributed by atoms with Crippen LogP contribution in [0.25, 0.3) is 11.3 Å². The number of imidazole rings is 1. The second kappa shape index (κ2) is 4.36. The molecule has 4 heteroatoms. The van der Waals surface area contributed by atoms with Gasteiger partial charge in [0.1, 0.15) is 11.6 Å². The van der Waals surface area contributed by atoms with E-state index in [0.717, 1.165) is 22.8 Å². The maximum Gasteiger partial charge on any atom is 0.121 e.